The zero-order chi connectivity index (χ0) is 40.5. The third kappa shape index (κ3) is 7.76. The molecule has 3 aliphatic rings. The maximum absolute atomic E-state index is 13.8. The number of nitrogens with zero attached hydrogens (tertiary/aromatic N) is 4. The lowest BCUT2D eigenvalue weighted by molar-refractivity contribution is -0.135. The highest BCUT2D eigenvalue weighted by Gasteiger charge is 2.52. The number of likely N-dealkylation sites (tertiary alicyclic amines) is 1. The van der Waals surface area contributed by atoms with Gasteiger partial charge in [-0.2, -0.15) is 0 Å². The van der Waals surface area contributed by atoms with Crippen molar-refractivity contribution >= 4 is 17.9 Å². The number of hydrogen-bond donors (Lipinski definition) is 4. The van der Waals surface area contributed by atoms with Gasteiger partial charge in [-0.1, -0.05) is 82.3 Å². The van der Waals surface area contributed by atoms with Gasteiger partial charge < -0.3 is 30.2 Å². The minimum absolute atomic E-state index is 0.0851. The van der Waals surface area contributed by atoms with Crippen LogP contribution < -0.4 is 10.6 Å². The number of nitrogens with one attached hydrogen (secondary N) is 4. The van der Waals surface area contributed by atoms with Crippen LogP contribution in [0.15, 0.2) is 79.3 Å². The minimum Gasteiger partial charge on any atom is -0.453 e. The molecular formula is C46H54N8O4. The molecule has 0 radical (unpaired) electrons. The van der Waals surface area contributed by atoms with Gasteiger partial charge in [0.2, 0.25) is 11.8 Å². The number of hydrogen-bond acceptors (Lipinski definition) is 7. The molecule has 0 spiro atoms. The molecule has 1 saturated heterocycles. The molecule has 6 atom stereocenters. The molecule has 3 unspecified atom stereocenters. The number of H-pyrrole nitrogens is 2. The molecule has 12 nitrogen and oxygen atoms in total. The van der Waals surface area contributed by atoms with Gasteiger partial charge in [-0.15, -0.1) is 0 Å². The van der Waals surface area contributed by atoms with E-state index in [0.717, 1.165) is 88.7 Å². The van der Waals surface area contributed by atoms with Gasteiger partial charge in [0.05, 0.1) is 42.9 Å². The van der Waals surface area contributed by atoms with E-state index in [4.69, 9.17) is 14.7 Å². The van der Waals surface area contributed by atoms with Crippen molar-refractivity contribution in [3.8, 4) is 33.6 Å². The molecule has 3 aromatic heterocycles. The first kappa shape index (κ1) is 39.1. The van der Waals surface area contributed by atoms with E-state index < -0.39 is 12.1 Å². The van der Waals surface area contributed by atoms with E-state index in [0.29, 0.717) is 30.8 Å². The number of imidazole rings is 2. The molecule has 4 N–H and O–H groups in total. The molecule has 12 heteroatoms. The fraction of sp³-hybridized carbons (Fsp3) is 0.435. The Bertz CT molecular complexity index is 2240. The van der Waals surface area contributed by atoms with Crippen LogP contribution in [0.25, 0.3) is 33.6 Å². The summed E-state index contributed by atoms with van der Waals surface area (Å²) < 4.78 is 4.77. The third-order valence-corrected chi connectivity index (χ3v) is 12.6. The first-order chi connectivity index (χ1) is 28.1. The normalized spacial score (nSPS) is 21.8. The maximum Gasteiger partial charge on any atom is 0.407 e. The van der Waals surface area contributed by atoms with Crippen LogP contribution in [-0.2, 0) is 20.9 Å². The first-order valence-electron chi connectivity index (χ1n) is 20.8. The van der Waals surface area contributed by atoms with E-state index in [1.54, 1.807) is 0 Å². The Kier molecular flexibility index (Phi) is 11.2. The molecule has 3 fully saturated rings. The monoisotopic (exact) mass is 782 g/mol. The molecule has 8 rings (SSSR count). The van der Waals surface area contributed by atoms with E-state index in [9.17, 15) is 14.4 Å². The number of methoxy groups -OCH3 is 1. The quantitative estimate of drug-likeness (QED) is 0.0995. The molecule has 3 amide bonds. The Morgan fingerprint density at radius 3 is 2.07 bits per heavy atom. The van der Waals surface area contributed by atoms with Crippen molar-refractivity contribution < 1.29 is 19.1 Å². The molecule has 2 bridgehead atoms. The number of ether oxygens (including phenoxy) is 1. The molecule has 302 valence electrons. The number of aromatic amines is 2. The Labute approximate surface area is 340 Å². The van der Waals surface area contributed by atoms with Crippen molar-refractivity contribution in [3.63, 3.8) is 0 Å². The van der Waals surface area contributed by atoms with Gasteiger partial charge in [-0.3, -0.25) is 14.6 Å². The van der Waals surface area contributed by atoms with Crippen LogP contribution in [0.1, 0.15) is 101 Å². The standard InChI is InChI=1S/C46H54N8O4/c1-26(2)40-34(8-6-20-47-40)23-50-44(55)39-33-19-18-32(22-33)38(39)43-49-25-36(52-43)31-16-12-29(13-17-31)28-10-14-30(15-11-28)35-24-48-42(51-35)37-9-7-21-54(37)45(56)41(27(3)4)53-46(57)58-5/h6,8,10-17,20,24-27,32-33,37-39,41H,7,9,18-19,21-23H2,1-5H3,(H,48,51)(H,49,52)(H,50,55)(H,53,57)/t32?,33?,37-,38+,39?,41-/m0/s1. The summed E-state index contributed by atoms with van der Waals surface area (Å²) in [6, 6.07) is 20.0. The summed E-state index contributed by atoms with van der Waals surface area (Å²) in [4.78, 5) is 62.4. The number of pyridine rings is 1. The fourth-order valence-corrected chi connectivity index (χ4v) is 9.67. The summed E-state index contributed by atoms with van der Waals surface area (Å²) >= 11 is 0. The van der Waals surface area contributed by atoms with Crippen molar-refractivity contribution in [2.45, 2.75) is 90.3 Å². The highest BCUT2D eigenvalue weighted by atomic mass is 16.5. The second-order valence-corrected chi connectivity index (χ2v) is 16.9. The van der Waals surface area contributed by atoms with Crippen molar-refractivity contribution in [2.75, 3.05) is 13.7 Å². The number of alkyl carbamates (subject to hydrolysis) is 1. The number of amides is 3. The molecule has 2 saturated carbocycles. The average molecular weight is 783 g/mol. The summed E-state index contributed by atoms with van der Waals surface area (Å²) in [6.07, 6.45) is 9.90. The molecular weight excluding hydrogens is 729 g/mol. The lowest BCUT2D eigenvalue weighted by atomic mass is 9.78. The first-order valence-corrected chi connectivity index (χ1v) is 20.8. The summed E-state index contributed by atoms with van der Waals surface area (Å²) in [7, 11) is 1.30. The molecule has 5 aromatic rings. The number of rotatable bonds is 12. The zero-order valence-electron chi connectivity index (χ0n) is 34.0. The van der Waals surface area contributed by atoms with E-state index >= 15 is 0 Å². The van der Waals surface area contributed by atoms with Gasteiger partial charge in [0.25, 0.3) is 0 Å². The SMILES string of the molecule is COC(=O)N[C@H](C(=O)N1CCC[C@H]1c1ncc(-c2ccc(-c3ccc(-c4cnc([C@@H]5C6CCC(C6)C5C(=O)NCc5cccnc5C(C)C)[nH]4)cc3)cc2)[nH]1)C(C)C. The topological polar surface area (TPSA) is 158 Å². The van der Waals surface area contributed by atoms with Crippen LogP contribution in [0.4, 0.5) is 4.79 Å². The van der Waals surface area contributed by atoms with E-state index in [1.807, 2.05) is 43.4 Å². The second-order valence-electron chi connectivity index (χ2n) is 16.9. The van der Waals surface area contributed by atoms with Gasteiger partial charge >= 0.3 is 6.09 Å². The molecule has 2 aromatic carbocycles. The molecule has 2 aliphatic carbocycles. The van der Waals surface area contributed by atoms with Crippen LogP contribution in [-0.4, -0.2) is 67.4 Å². The van der Waals surface area contributed by atoms with Crippen LogP contribution in [0.5, 0.6) is 0 Å². The van der Waals surface area contributed by atoms with Gasteiger partial charge in [-0.05, 0) is 89.7 Å². The van der Waals surface area contributed by atoms with Crippen LogP contribution in [0, 0.1) is 23.7 Å². The van der Waals surface area contributed by atoms with Gasteiger partial charge in [0, 0.05) is 30.9 Å². The van der Waals surface area contributed by atoms with Crippen molar-refractivity contribution in [2.24, 2.45) is 23.7 Å². The van der Waals surface area contributed by atoms with Crippen molar-refractivity contribution in [1.29, 1.82) is 0 Å². The maximum atomic E-state index is 13.8. The average Bonchev–Trinajstić information content (AvgIpc) is 4.10. The number of fused-ring (bicyclic) bond motifs is 2. The summed E-state index contributed by atoms with van der Waals surface area (Å²) in [6.45, 7) is 9.18. The summed E-state index contributed by atoms with van der Waals surface area (Å²) in [5.74, 6) is 2.69. The number of aromatic nitrogens is 5. The molecule has 1 aliphatic heterocycles. The third-order valence-electron chi connectivity index (χ3n) is 12.6. The lowest BCUT2D eigenvalue weighted by Crippen LogP contribution is -2.51. The van der Waals surface area contributed by atoms with Crippen LogP contribution >= 0.6 is 0 Å². The smallest absolute Gasteiger partial charge is 0.407 e. The van der Waals surface area contributed by atoms with Gasteiger partial charge in [0.15, 0.2) is 0 Å². The highest BCUT2D eigenvalue weighted by Crippen LogP contribution is 2.56. The molecule has 58 heavy (non-hydrogen) atoms. The van der Waals surface area contributed by atoms with E-state index in [1.165, 1.54) is 7.11 Å². The van der Waals surface area contributed by atoms with Crippen molar-refractivity contribution in [3.05, 3.63) is 102 Å². The van der Waals surface area contributed by atoms with Gasteiger partial charge in [0.1, 0.15) is 17.7 Å². The summed E-state index contributed by atoms with van der Waals surface area (Å²) in [5.41, 5.74) is 8.17. The number of benzene rings is 2. The zero-order valence-corrected chi connectivity index (χ0v) is 34.0. The Hall–Kier alpha value is -5.78. The van der Waals surface area contributed by atoms with E-state index in [2.05, 4.69) is 94.0 Å². The van der Waals surface area contributed by atoms with E-state index in [-0.39, 0.29) is 35.6 Å². The largest absolute Gasteiger partial charge is 0.453 e. The molecule has 4 heterocycles. The summed E-state index contributed by atoms with van der Waals surface area (Å²) in [5, 5.41) is 5.98. The predicted octanol–water partition coefficient (Wildman–Crippen LogP) is 8.14. The predicted molar refractivity (Wildman–Crippen MR) is 222 cm³/mol. The fourth-order valence-electron chi connectivity index (χ4n) is 9.67. The Morgan fingerprint density at radius 2 is 1.43 bits per heavy atom. The highest BCUT2D eigenvalue weighted by molar-refractivity contribution is 5.86. The Balaban J connectivity index is 0.916. The number of carbonyl (C=O) groups is 3. The second kappa shape index (κ2) is 16.6. The van der Waals surface area contributed by atoms with Crippen molar-refractivity contribution in [1.82, 2.24) is 40.5 Å². The minimum atomic E-state index is -0.678. The number of carbonyl (C=O) groups excluding carboxylic acids is 3. The van der Waals surface area contributed by atoms with Crippen LogP contribution in [0.3, 0.4) is 0 Å². The van der Waals surface area contributed by atoms with Crippen LogP contribution in [0.2, 0.25) is 0 Å². The van der Waals surface area contributed by atoms with Gasteiger partial charge in [-0.25, -0.2) is 14.8 Å². The lowest BCUT2D eigenvalue weighted by Gasteiger charge is -2.30. The Morgan fingerprint density at radius 1 is 0.810 bits per heavy atom.